The minimum absolute atomic E-state index is 0.427. The molecule has 9 heavy (non-hydrogen) atoms. The zero-order chi connectivity index (χ0) is 7.49. The monoisotopic (exact) mass is 130 g/mol. The van der Waals surface area contributed by atoms with Crippen LogP contribution in [-0.4, -0.2) is 11.4 Å². The van der Waals surface area contributed by atoms with Gasteiger partial charge in [0.05, 0.1) is 5.54 Å². The summed E-state index contributed by atoms with van der Waals surface area (Å²) >= 11 is 0. The predicted molar refractivity (Wildman–Crippen MR) is 36.7 cm³/mol. The van der Waals surface area contributed by atoms with Crippen LogP contribution in [0.2, 0.25) is 0 Å². The Bertz CT molecular complexity index is 110. The summed E-state index contributed by atoms with van der Waals surface area (Å²) in [7, 11) is 0. The van der Waals surface area contributed by atoms with Crippen LogP contribution in [0.25, 0.3) is 0 Å². The Morgan fingerprint density at radius 2 is 2.11 bits per heavy atom. The molecule has 0 aliphatic heterocycles. The fourth-order valence-corrected chi connectivity index (χ4v) is 0.643. The molecule has 0 aliphatic rings. The van der Waals surface area contributed by atoms with Crippen molar-refractivity contribution in [1.29, 1.82) is 0 Å². The van der Waals surface area contributed by atoms with Gasteiger partial charge in [-0.05, 0) is 13.3 Å². The Morgan fingerprint density at radius 1 is 1.67 bits per heavy atom. The molecule has 0 aliphatic carbocycles. The summed E-state index contributed by atoms with van der Waals surface area (Å²) in [4.78, 5) is 10.5. The van der Waals surface area contributed by atoms with E-state index in [2.05, 4.69) is 0 Å². The number of nitrogens with two attached hydrogens (primary N) is 2. The van der Waals surface area contributed by atoms with E-state index < -0.39 is 11.4 Å². The number of rotatable bonds is 3. The average Bonchev–Trinajstić information content (AvgIpc) is 1.65. The Morgan fingerprint density at radius 3 is 2.22 bits per heavy atom. The third kappa shape index (κ3) is 2.46. The first-order valence-electron chi connectivity index (χ1n) is 3.09. The van der Waals surface area contributed by atoms with Crippen molar-refractivity contribution in [2.75, 3.05) is 0 Å². The second-order valence-electron chi connectivity index (χ2n) is 2.53. The molecule has 0 aromatic heterocycles. The standard InChI is InChI=1S/C6H14N2O/c1-3-4-6(2,8)5(7)9/h3-4,8H2,1-2H3,(H2,7,9)/t6-/m1/s1. The summed E-state index contributed by atoms with van der Waals surface area (Å²) in [6, 6.07) is 0. The van der Waals surface area contributed by atoms with Crippen LogP contribution in [0.4, 0.5) is 0 Å². The van der Waals surface area contributed by atoms with Gasteiger partial charge in [-0.1, -0.05) is 13.3 Å². The molecule has 0 unspecified atom stereocenters. The minimum atomic E-state index is -0.811. The Hall–Kier alpha value is -0.570. The molecule has 0 saturated carbocycles. The molecule has 0 saturated heterocycles. The van der Waals surface area contributed by atoms with Gasteiger partial charge in [0, 0.05) is 0 Å². The molecule has 3 heteroatoms. The molecule has 0 heterocycles. The summed E-state index contributed by atoms with van der Waals surface area (Å²) in [5, 5.41) is 0. The molecule has 0 fully saturated rings. The molecule has 0 aromatic carbocycles. The van der Waals surface area contributed by atoms with Crippen LogP contribution in [0.5, 0.6) is 0 Å². The van der Waals surface area contributed by atoms with Crippen molar-refractivity contribution >= 4 is 5.91 Å². The van der Waals surface area contributed by atoms with Gasteiger partial charge < -0.3 is 11.5 Å². The molecule has 4 N–H and O–H groups in total. The van der Waals surface area contributed by atoms with Gasteiger partial charge in [0.1, 0.15) is 0 Å². The maximum absolute atomic E-state index is 10.5. The van der Waals surface area contributed by atoms with E-state index in [1.807, 2.05) is 6.92 Å². The van der Waals surface area contributed by atoms with E-state index in [9.17, 15) is 4.79 Å². The van der Waals surface area contributed by atoms with E-state index in [0.29, 0.717) is 6.42 Å². The Kier molecular flexibility index (Phi) is 2.65. The highest BCUT2D eigenvalue weighted by Crippen LogP contribution is 2.06. The molecule has 1 amide bonds. The van der Waals surface area contributed by atoms with Crippen LogP contribution in [-0.2, 0) is 4.79 Å². The summed E-state index contributed by atoms with van der Waals surface area (Å²) in [6.45, 7) is 3.62. The van der Waals surface area contributed by atoms with Crippen molar-refractivity contribution in [3.05, 3.63) is 0 Å². The van der Waals surface area contributed by atoms with Gasteiger partial charge in [-0.15, -0.1) is 0 Å². The first-order chi connectivity index (χ1) is 4.00. The van der Waals surface area contributed by atoms with Crippen molar-refractivity contribution in [2.24, 2.45) is 11.5 Å². The normalized spacial score (nSPS) is 16.8. The summed E-state index contributed by atoms with van der Waals surface area (Å²) in [5.41, 5.74) is 9.68. The van der Waals surface area contributed by atoms with Gasteiger partial charge >= 0.3 is 0 Å². The SMILES string of the molecule is CCC[C@@](C)(N)C(N)=O. The van der Waals surface area contributed by atoms with E-state index in [0.717, 1.165) is 6.42 Å². The zero-order valence-corrected chi connectivity index (χ0v) is 5.98. The fraction of sp³-hybridized carbons (Fsp3) is 0.833. The molecule has 54 valence electrons. The lowest BCUT2D eigenvalue weighted by molar-refractivity contribution is -0.122. The molecule has 0 spiro atoms. The van der Waals surface area contributed by atoms with Gasteiger partial charge in [-0.2, -0.15) is 0 Å². The Labute approximate surface area is 55.4 Å². The van der Waals surface area contributed by atoms with Gasteiger partial charge in [0.15, 0.2) is 0 Å². The van der Waals surface area contributed by atoms with Gasteiger partial charge in [-0.3, -0.25) is 4.79 Å². The highest BCUT2D eigenvalue weighted by Gasteiger charge is 2.23. The maximum atomic E-state index is 10.5. The van der Waals surface area contributed by atoms with Crippen LogP contribution in [0, 0.1) is 0 Å². The number of hydrogen-bond donors (Lipinski definition) is 2. The molecule has 0 aromatic rings. The molecule has 1 atom stereocenters. The van der Waals surface area contributed by atoms with E-state index in [1.165, 1.54) is 0 Å². The highest BCUT2D eigenvalue weighted by atomic mass is 16.1. The van der Waals surface area contributed by atoms with Crippen LogP contribution >= 0.6 is 0 Å². The lowest BCUT2D eigenvalue weighted by Gasteiger charge is -2.18. The van der Waals surface area contributed by atoms with Crippen molar-refractivity contribution in [3.63, 3.8) is 0 Å². The molecule has 3 nitrogen and oxygen atoms in total. The third-order valence-corrected chi connectivity index (χ3v) is 1.33. The van der Waals surface area contributed by atoms with E-state index >= 15 is 0 Å². The van der Waals surface area contributed by atoms with E-state index in [-0.39, 0.29) is 0 Å². The molecular formula is C6H14N2O. The van der Waals surface area contributed by atoms with Crippen molar-refractivity contribution in [2.45, 2.75) is 32.2 Å². The number of carbonyl (C=O) groups is 1. The maximum Gasteiger partial charge on any atom is 0.237 e. The second kappa shape index (κ2) is 2.82. The molecular weight excluding hydrogens is 116 g/mol. The smallest absolute Gasteiger partial charge is 0.237 e. The van der Waals surface area contributed by atoms with Crippen LogP contribution < -0.4 is 11.5 Å². The van der Waals surface area contributed by atoms with Crippen molar-refractivity contribution < 1.29 is 4.79 Å². The first-order valence-corrected chi connectivity index (χ1v) is 3.09. The minimum Gasteiger partial charge on any atom is -0.368 e. The summed E-state index contributed by atoms with van der Waals surface area (Å²) in [5.74, 6) is -0.427. The van der Waals surface area contributed by atoms with Gasteiger partial charge in [0.25, 0.3) is 0 Å². The van der Waals surface area contributed by atoms with Crippen LogP contribution in [0.15, 0.2) is 0 Å². The highest BCUT2D eigenvalue weighted by molar-refractivity contribution is 5.83. The van der Waals surface area contributed by atoms with Gasteiger partial charge in [-0.25, -0.2) is 0 Å². The number of hydrogen-bond acceptors (Lipinski definition) is 2. The van der Waals surface area contributed by atoms with Crippen molar-refractivity contribution in [3.8, 4) is 0 Å². The van der Waals surface area contributed by atoms with Crippen LogP contribution in [0.3, 0.4) is 0 Å². The van der Waals surface area contributed by atoms with Crippen molar-refractivity contribution in [1.82, 2.24) is 0 Å². The van der Waals surface area contributed by atoms with E-state index in [4.69, 9.17) is 11.5 Å². The number of primary amides is 1. The largest absolute Gasteiger partial charge is 0.368 e. The first kappa shape index (κ1) is 8.43. The Balaban J connectivity index is 3.85. The number of amides is 1. The van der Waals surface area contributed by atoms with E-state index in [1.54, 1.807) is 6.92 Å². The fourth-order valence-electron chi connectivity index (χ4n) is 0.643. The predicted octanol–water partition coefficient (Wildman–Crippen LogP) is -0.0108. The van der Waals surface area contributed by atoms with Crippen LogP contribution in [0.1, 0.15) is 26.7 Å². The van der Waals surface area contributed by atoms with Gasteiger partial charge in [0.2, 0.25) is 5.91 Å². The summed E-state index contributed by atoms with van der Waals surface area (Å²) < 4.78 is 0. The number of carbonyl (C=O) groups excluding carboxylic acids is 1. The molecule has 0 bridgehead atoms. The second-order valence-corrected chi connectivity index (χ2v) is 2.53. The summed E-state index contributed by atoms with van der Waals surface area (Å²) in [6.07, 6.45) is 1.54. The molecule has 0 rings (SSSR count). The third-order valence-electron chi connectivity index (χ3n) is 1.33. The lowest BCUT2D eigenvalue weighted by atomic mass is 9.97. The average molecular weight is 130 g/mol. The quantitative estimate of drug-likeness (QED) is 0.564. The lowest BCUT2D eigenvalue weighted by Crippen LogP contribution is -2.49. The zero-order valence-electron chi connectivity index (χ0n) is 5.98. The topological polar surface area (TPSA) is 69.1 Å². The molecule has 0 radical (unpaired) electrons.